The maximum absolute atomic E-state index is 2.88. The summed E-state index contributed by atoms with van der Waals surface area (Å²) in [6.07, 6.45) is 24.0. The molecular weight excluding hydrogens is 314 g/mol. The molecule has 0 amide bonds. The second-order valence-electron chi connectivity index (χ2n) is 10.1. The number of piperidine rings is 1. The molecule has 0 unspecified atom stereocenters. The Morgan fingerprint density at radius 2 is 1.15 bits per heavy atom. The van der Waals surface area contributed by atoms with Crippen LogP contribution >= 0.6 is 0 Å². The molecule has 152 valence electrons. The number of hydrogen-bond donors (Lipinski definition) is 0. The fourth-order valence-corrected chi connectivity index (χ4v) is 6.58. The van der Waals surface area contributed by atoms with Gasteiger partial charge in [-0.25, -0.2) is 0 Å². The minimum atomic E-state index is 0.944. The van der Waals surface area contributed by atoms with Crippen LogP contribution in [0.4, 0.5) is 0 Å². The summed E-state index contributed by atoms with van der Waals surface area (Å²) < 4.78 is 0. The molecule has 1 saturated heterocycles. The van der Waals surface area contributed by atoms with Crippen LogP contribution in [0.5, 0.6) is 0 Å². The summed E-state index contributed by atoms with van der Waals surface area (Å²) in [7, 11) is 0. The Hall–Kier alpha value is -0.0400. The van der Waals surface area contributed by atoms with Gasteiger partial charge in [0.2, 0.25) is 0 Å². The van der Waals surface area contributed by atoms with Gasteiger partial charge in [-0.1, -0.05) is 65.2 Å². The van der Waals surface area contributed by atoms with Gasteiger partial charge in [0, 0.05) is 6.04 Å². The van der Waals surface area contributed by atoms with Crippen molar-refractivity contribution in [3.8, 4) is 0 Å². The lowest BCUT2D eigenvalue weighted by molar-refractivity contribution is 0.0720. The van der Waals surface area contributed by atoms with Crippen LogP contribution in [0.2, 0.25) is 0 Å². The van der Waals surface area contributed by atoms with Crippen LogP contribution in [-0.2, 0) is 0 Å². The Morgan fingerprint density at radius 1 is 0.577 bits per heavy atom. The van der Waals surface area contributed by atoms with Crippen molar-refractivity contribution in [1.82, 2.24) is 4.90 Å². The van der Waals surface area contributed by atoms with Crippen LogP contribution in [0.3, 0.4) is 0 Å². The van der Waals surface area contributed by atoms with E-state index in [2.05, 4.69) is 18.7 Å². The lowest BCUT2D eigenvalue weighted by Crippen LogP contribution is -2.43. The molecule has 2 saturated carbocycles. The molecule has 3 aliphatic rings. The van der Waals surface area contributed by atoms with Gasteiger partial charge < -0.3 is 4.90 Å². The highest BCUT2D eigenvalue weighted by Crippen LogP contribution is 2.42. The Morgan fingerprint density at radius 3 is 1.73 bits per heavy atom. The van der Waals surface area contributed by atoms with Crippen LogP contribution in [0.15, 0.2) is 0 Å². The Balaban J connectivity index is 1.32. The fraction of sp³-hybridized carbons (Fsp3) is 1.00. The maximum Gasteiger partial charge on any atom is 0.00954 e. The van der Waals surface area contributed by atoms with Crippen molar-refractivity contribution < 1.29 is 0 Å². The first-order valence-corrected chi connectivity index (χ1v) is 12.5. The molecular formula is C25H47N. The predicted octanol–water partition coefficient (Wildman–Crippen LogP) is 7.44. The zero-order valence-corrected chi connectivity index (χ0v) is 18.1. The zero-order chi connectivity index (χ0) is 18.2. The largest absolute Gasteiger partial charge is 0.300 e. The Kier molecular flexibility index (Phi) is 8.82. The number of unbranched alkanes of at least 4 members (excludes halogenated alkanes) is 2. The quantitative estimate of drug-likeness (QED) is 0.406. The van der Waals surface area contributed by atoms with Crippen molar-refractivity contribution in [2.45, 2.75) is 123 Å². The van der Waals surface area contributed by atoms with Gasteiger partial charge in [-0.05, 0) is 88.1 Å². The fourth-order valence-electron chi connectivity index (χ4n) is 6.58. The number of rotatable bonds is 8. The van der Waals surface area contributed by atoms with Crippen LogP contribution in [-0.4, -0.2) is 24.0 Å². The van der Waals surface area contributed by atoms with Gasteiger partial charge in [0.15, 0.2) is 0 Å². The van der Waals surface area contributed by atoms with Gasteiger partial charge >= 0.3 is 0 Å². The number of nitrogens with zero attached hydrogens (tertiary/aromatic N) is 1. The van der Waals surface area contributed by atoms with Crippen molar-refractivity contribution in [2.24, 2.45) is 23.7 Å². The van der Waals surface area contributed by atoms with E-state index < -0.39 is 0 Å². The molecule has 1 aliphatic heterocycles. The Bertz CT molecular complexity index is 354. The molecule has 1 nitrogen and oxygen atoms in total. The maximum atomic E-state index is 2.88. The van der Waals surface area contributed by atoms with E-state index in [4.69, 9.17) is 0 Å². The highest BCUT2D eigenvalue weighted by molar-refractivity contribution is 4.86. The van der Waals surface area contributed by atoms with Gasteiger partial charge in [-0.15, -0.1) is 0 Å². The van der Waals surface area contributed by atoms with Gasteiger partial charge in [0.1, 0.15) is 0 Å². The van der Waals surface area contributed by atoms with E-state index in [1.807, 2.05) is 0 Å². The van der Waals surface area contributed by atoms with E-state index in [0.717, 1.165) is 29.7 Å². The predicted molar refractivity (Wildman–Crippen MR) is 115 cm³/mol. The van der Waals surface area contributed by atoms with Crippen LogP contribution < -0.4 is 0 Å². The van der Waals surface area contributed by atoms with Gasteiger partial charge in [-0.3, -0.25) is 0 Å². The molecule has 26 heavy (non-hydrogen) atoms. The molecule has 0 N–H and O–H groups in total. The topological polar surface area (TPSA) is 3.24 Å². The van der Waals surface area contributed by atoms with Crippen molar-refractivity contribution in [1.29, 1.82) is 0 Å². The monoisotopic (exact) mass is 361 g/mol. The third kappa shape index (κ3) is 5.98. The Labute approximate surface area is 164 Å². The molecule has 0 aromatic heterocycles. The molecule has 3 fully saturated rings. The molecule has 3 rings (SSSR count). The molecule has 0 aromatic carbocycles. The first-order chi connectivity index (χ1) is 12.8. The minimum absolute atomic E-state index is 0.944. The highest BCUT2D eigenvalue weighted by atomic mass is 15.2. The lowest BCUT2D eigenvalue weighted by Gasteiger charge is -2.43. The standard InChI is InChI=1S/C25H47N/c1-3-5-6-8-22-9-11-23(12-10-22)24-13-15-25(16-14-24)26-19-17-21(7-4-2)18-20-26/h21-25H,3-20H2,1-2H3. The van der Waals surface area contributed by atoms with E-state index in [1.54, 1.807) is 38.5 Å². The second kappa shape index (κ2) is 11.1. The molecule has 0 aromatic rings. The third-order valence-electron chi connectivity index (χ3n) is 8.38. The molecule has 0 bridgehead atoms. The SMILES string of the molecule is CCCCCC1CCC(C2CCC(N3CCC(CCC)CC3)CC2)CC1. The highest BCUT2D eigenvalue weighted by Gasteiger charge is 2.33. The summed E-state index contributed by atoms with van der Waals surface area (Å²) in [5, 5.41) is 0. The van der Waals surface area contributed by atoms with E-state index in [0.29, 0.717) is 0 Å². The van der Waals surface area contributed by atoms with Crippen molar-refractivity contribution in [3.63, 3.8) is 0 Å². The first kappa shape index (κ1) is 20.7. The smallest absolute Gasteiger partial charge is 0.00954 e. The van der Waals surface area contributed by atoms with Crippen LogP contribution in [0.1, 0.15) is 117 Å². The van der Waals surface area contributed by atoms with E-state index >= 15 is 0 Å². The summed E-state index contributed by atoms with van der Waals surface area (Å²) in [5.41, 5.74) is 0. The van der Waals surface area contributed by atoms with Gasteiger partial charge in [0.05, 0.1) is 0 Å². The molecule has 0 radical (unpaired) electrons. The summed E-state index contributed by atoms with van der Waals surface area (Å²) >= 11 is 0. The van der Waals surface area contributed by atoms with Gasteiger partial charge in [-0.2, -0.15) is 0 Å². The van der Waals surface area contributed by atoms with Gasteiger partial charge in [0.25, 0.3) is 0 Å². The average molecular weight is 362 g/mol. The molecule has 0 spiro atoms. The van der Waals surface area contributed by atoms with Crippen molar-refractivity contribution in [2.75, 3.05) is 13.1 Å². The first-order valence-electron chi connectivity index (χ1n) is 12.5. The average Bonchev–Trinajstić information content (AvgIpc) is 2.70. The van der Waals surface area contributed by atoms with E-state index in [-0.39, 0.29) is 0 Å². The minimum Gasteiger partial charge on any atom is -0.300 e. The normalized spacial score (nSPS) is 34.8. The molecule has 1 heteroatoms. The summed E-state index contributed by atoms with van der Waals surface area (Å²) in [6.45, 7) is 7.50. The third-order valence-corrected chi connectivity index (χ3v) is 8.38. The molecule has 1 heterocycles. The van der Waals surface area contributed by atoms with E-state index in [1.165, 1.54) is 77.3 Å². The lowest BCUT2D eigenvalue weighted by atomic mass is 9.69. The molecule has 2 aliphatic carbocycles. The zero-order valence-electron chi connectivity index (χ0n) is 18.1. The summed E-state index contributed by atoms with van der Waals surface area (Å²) in [6, 6.07) is 0.944. The summed E-state index contributed by atoms with van der Waals surface area (Å²) in [5.74, 6) is 4.30. The summed E-state index contributed by atoms with van der Waals surface area (Å²) in [4.78, 5) is 2.88. The van der Waals surface area contributed by atoms with Crippen molar-refractivity contribution in [3.05, 3.63) is 0 Å². The molecule has 0 atom stereocenters. The van der Waals surface area contributed by atoms with Crippen molar-refractivity contribution >= 4 is 0 Å². The van der Waals surface area contributed by atoms with Crippen LogP contribution in [0.25, 0.3) is 0 Å². The van der Waals surface area contributed by atoms with Crippen LogP contribution in [0, 0.1) is 23.7 Å². The number of hydrogen-bond acceptors (Lipinski definition) is 1. The second-order valence-corrected chi connectivity index (χ2v) is 10.1. The number of likely N-dealkylation sites (tertiary alicyclic amines) is 1. The van der Waals surface area contributed by atoms with E-state index in [9.17, 15) is 0 Å².